The summed E-state index contributed by atoms with van der Waals surface area (Å²) >= 11 is 7.64. The van der Waals surface area contributed by atoms with Crippen LogP contribution < -0.4 is 0 Å². The Labute approximate surface area is 173 Å². The van der Waals surface area contributed by atoms with Gasteiger partial charge in [0, 0.05) is 24.5 Å². The molecule has 2 heterocycles. The topological polar surface area (TPSA) is 70.8 Å². The van der Waals surface area contributed by atoms with E-state index in [1.54, 1.807) is 34.6 Å². The first-order valence-electron chi connectivity index (χ1n) is 8.35. The van der Waals surface area contributed by atoms with E-state index in [0.717, 1.165) is 9.18 Å². The molecule has 0 saturated heterocycles. The summed E-state index contributed by atoms with van der Waals surface area (Å²) in [6, 6.07) is 11.7. The number of hydrogen-bond acceptors (Lipinski definition) is 5. The van der Waals surface area contributed by atoms with Gasteiger partial charge in [0.25, 0.3) is 5.91 Å². The Morgan fingerprint density at radius 3 is 2.54 bits per heavy atom. The van der Waals surface area contributed by atoms with Crippen LogP contribution in [0.25, 0.3) is 0 Å². The second-order valence-corrected chi connectivity index (χ2v) is 9.81. The molecule has 6 nitrogen and oxygen atoms in total. The molecular formula is C19H19ClN2O4S2. The van der Waals surface area contributed by atoms with Crippen LogP contribution in [0.5, 0.6) is 0 Å². The SMILES string of the molecule is CN(C)S(=O)(=O)c1cc(C(=O)N(Cc2ccco2)Cc2cccs2)ccc1Cl. The number of nitrogens with zero attached hydrogens (tertiary/aromatic N) is 2. The van der Waals surface area contributed by atoms with Crippen LogP contribution in [0.3, 0.4) is 0 Å². The van der Waals surface area contributed by atoms with Crippen molar-refractivity contribution in [1.82, 2.24) is 9.21 Å². The third-order valence-electron chi connectivity index (χ3n) is 4.08. The highest BCUT2D eigenvalue weighted by Crippen LogP contribution is 2.26. The minimum Gasteiger partial charge on any atom is -0.467 e. The van der Waals surface area contributed by atoms with E-state index in [1.165, 1.54) is 32.3 Å². The molecule has 0 aliphatic carbocycles. The molecule has 0 aliphatic rings. The Kier molecular flexibility index (Phi) is 6.24. The predicted molar refractivity (Wildman–Crippen MR) is 109 cm³/mol. The maximum Gasteiger partial charge on any atom is 0.254 e. The highest BCUT2D eigenvalue weighted by atomic mass is 35.5. The molecule has 1 aromatic carbocycles. The van der Waals surface area contributed by atoms with E-state index >= 15 is 0 Å². The Morgan fingerprint density at radius 2 is 1.93 bits per heavy atom. The second-order valence-electron chi connectivity index (χ2n) is 6.25. The molecule has 0 spiro atoms. The Balaban J connectivity index is 1.96. The van der Waals surface area contributed by atoms with Crippen LogP contribution in [-0.2, 0) is 23.1 Å². The van der Waals surface area contributed by atoms with Crippen molar-refractivity contribution in [3.05, 3.63) is 75.3 Å². The Hall–Kier alpha value is -2.13. The van der Waals surface area contributed by atoms with Crippen molar-refractivity contribution in [3.8, 4) is 0 Å². The average molecular weight is 439 g/mol. The van der Waals surface area contributed by atoms with Crippen LogP contribution in [-0.4, -0.2) is 37.6 Å². The van der Waals surface area contributed by atoms with Crippen LogP contribution in [0.15, 0.2) is 63.4 Å². The third kappa shape index (κ3) is 4.47. The van der Waals surface area contributed by atoms with Crippen LogP contribution >= 0.6 is 22.9 Å². The van der Waals surface area contributed by atoms with E-state index in [9.17, 15) is 13.2 Å². The zero-order valence-electron chi connectivity index (χ0n) is 15.3. The van der Waals surface area contributed by atoms with Crippen LogP contribution in [0.4, 0.5) is 0 Å². The normalized spacial score (nSPS) is 11.7. The second kappa shape index (κ2) is 8.48. The number of halogens is 1. The van der Waals surface area contributed by atoms with Crippen molar-refractivity contribution in [2.45, 2.75) is 18.0 Å². The lowest BCUT2D eigenvalue weighted by Crippen LogP contribution is -2.30. The minimum atomic E-state index is -3.77. The molecule has 148 valence electrons. The van der Waals surface area contributed by atoms with E-state index in [1.807, 2.05) is 17.5 Å². The summed E-state index contributed by atoms with van der Waals surface area (Å²) in [6.07, 6.45) is 1.55. The summed E-state index contributed by atoms with van der Waals surface area (Å²) in [5, 5.41) is 2.01. The maximum atomic E-state index is 13.2. The molecular weight excluding hydrogens is 420 g/mol. The first-order chi connectivity index (χ1) is 13.3. The molecule has 0 N–H and O–H groups in total. The van der Waals surface area contributed by atoms with Gasteiger partial charge in [0.1, 0.15) is 10.7 Å². The van der Waals surface area contributed by atoms with Gasteiger partial charge in [-0.15, -0.1) is 11.3 Å². The molecule has 3 aromatic rings. The van der Waals surface area contributed by atoms with Gasteiger partial charge in [-0.1, -0.05) is 17.7 Å². The number of carbonyl (C=O) groups excluding carboxylic acids is 1. The third-order valence-corrected chi connectivity index (χ3v) is 7.24. The van der Waals surface area contributed by atoms with Crippen molar-refractivity contribution in [2.24, 2.45) is 0 Å². The number of rotatable bonds is 7. The van der Waals surface area contributed by atoms with Crippen LogP contribution in [0.1, 0.15) is 21.0 Å². The lowest BCUT2D eigenvalue weighted by Gasteiger charge is -2.22. The number of benzene rings is 1. The van der Waals surface area contributed by atoms with E-state index in [-0.39, 0.29) is 27.9 Å². The van der Waals surface area contributed by atoms with Crippen molar-refractivity contribution in [2.75, 3.05) is 14.1 Å². The molecule has 2 aromatic heterocycles. The van der Waals surface area contributed by atoms with E-state index in [2.05, 4.69) is 0 Å². The number of sulfonamides is 1. The fourth-order valence-corrected chi connectivity index (χ4v) is 4.71. The summed E-state index contributed by atoms with van der Waals surface area (Å²) < 4.78 is 31.5. The van der Waals surface area contributed by atoms with Gasteiger partial charge in [-0.2, -0.15) is 0 Å². The molecule has 28 heavy (non-hydrogen) atoms. The van der Waals surface area contributed by atoms with Crippen molar-refractivity contribution >= 4 is 38.9 Å². The van der Waals surface area contributed by atoms with Crippen LogP contribution in [0, 0.1) is 0 Å². The molecule has 0 fully saturated rings. The van der Waals surface area contributed by atoms with Gasteiger partial charge in [0.15, 0.2) is 0 Å². The molecule has 0 aliphatic heterocycles. The first kappa shape index (κ1) is 20.6. The summed E-state index contributed by atoms with van der Waals surface area (Å²) in [4.78, 5) is 15.7. The van der Waals surface area contributed by atoms with Crippen molar-refractivity contribution < 1.29 is 17.6 Å². The smallest absolute Gasteiger partial charge is 0.254 e. The number of furan rings is 1. The highest BCUT2D eigenvalue weighted by molar-refractivity contribution is 7.89. The summed E-state index contributed by atoms with van der Waals surface area (Å²) in [6.45, 7) is 0.651. The van der Waals surface area contributed by atoms with Gasteiger partial charge in [-0.3, -0.25) is 4.79 Å². The van der Waals surface area contributed by atoms with Gasteiger partial charge >= 0.3 is 0 Å². The van der Waals surface area contributed by atoms with Gasteiger partial charge < -0.3 is 9.32 Å². The molecule has 0 saturated carbocycles. The number of thiophene rings is 1. The number of carbonyl (C=O) groups is 1. The van der Waals surface area contributed by atoms with Crippen molar-refractivity contribution in [3.63, 3.8) is 0 Å². The summed E-state index contributed by atoms with van der Waals surface area (Å²) in [5.41, 5.74) is 0.243. The predicted octanol–water partition coefficient (Wildman–Crippen LogP) is 4.09. The van der Waals surface area contributed by atoms with E-state index in [0.29, 0.717) is 12.3 Å². The number of amides is 1. The fraction of sp³-hybridized carbons (Fsp3) is 0.211. The lowest BCUT2D eigenvalue weighted by molar-refractivity contribution is 0.0719. The molecule has 3 rings (SSSR count). The zero-order valence-corrected chi connectivity index (χ0v) is 17.7. The standard InChI is InChI=1S/C19H19ClN2O4S2/c1-21(2)28(24,25)18-11-14(7-8-17(18)20)19(23)22(12-15-5-3-9-26-15)13-16-6-4-10-27-16/h3-11H,12-13H2,1-2H3. The molecule has 0 radical (unpaired) electrons. The lowest BCUT2D eigenvalue weighted by atomic mass is 10.2. The average Bonchev–Trinajstić information content (AvgIpc) is 3.34. The number of hydrogen-bond donors (Lipinski definition) is 0. The van der Waals surface area contributed by atoms with E-state index < -0.39 is 10.0 Å². The minimum absolute atomic E-state index is 0.0705. The van der Waals surface area contributed by atoms with Gasteiger partial charge in [0.2, 0.25) is 10.0 Å². The summed E-state index contributed by atoms with van der Waals surface area (Å²) in [7, 11) is -0.941. The highest BCUT2D eigenvalue weighted by Gasteiger charge is 2.25. The molecule has 0 unspecified atom stereocenters. The maximum absolute atomic E-state index is 13.2. The molecule has 9 heteroatoms. The molecule has 0 bridgehead atoms. The fourth-order valence-electron chi connectivity index (χ4n) is 2.59. The largest absolute Gasteiger partial charge is 0.467 e. The van der Waals surface area contributed by atoms with Gasteiger partial charge in [-0.05, 0) is 41.8 Å². The van der Waals surface area contributed by atoms with E-state index in [4.69, 9.17) is 16.0 Å². The first-order valence-corrected chi connectivity index (χ1v) is 11.0. The molecule has 0 atom stereocenters. The molecule has 1 amide bonds. The van der Waals surface area contributed by atoms with Crippen molar-refractivity contribution in [1.29, 1.82) is 0 Å². The quantitative estimate of drug-likeness (QED) is 0.557. The van der Waals surface area contributed by atoms with Crippen LogP contribution in [0.2, 0.25) is 5.02 Å². The Bertz CT molecular complexity index is 1010. The Morgan fingerprint density at radius 1 is 1.14 bits per heavy atom. The van der Waals surface area contributed by atoms with Gasteiger partial charge in [-0.25, -0.2) is 12.7 Å². The summed E-state index contributed by atoms with van der Waals surface area (Å²) in [5.74, 6) is 0.330. The zero-order chi connectivity index (χ0) is 20.3. The van der Waals surface area contributed by atoms with Gasteiger partial charge in [0.05, 0.1) is 24.4 Å². The monoisotopic (exact) mass is 438 g/mol.